The summed E-state index contributed by atoms with van der Waals surface area (Å²) in [6.07, 6.45) is 2.66. The van der Waals surface area contributed by atoms with Gasteiger partial charge in [0.2, 0.25) is 0 Å². The molecule has 76 valence electrons. The van der Waals surface area contributed by atoms with Gasteiger partial charge in [0.25, 0.3) is 0 Å². The second-order valence-corrected chi connectivity index (χ2v) is 16.6. The number of hydrogen-bond donors (Lipinski definition) is 1. The summed E-state index contributed by atoms with van der Waals surface area (Å²) in [4.78, 5) is 9.82. The summed E-state index contributed by atoms with van der Waals surface area (Å²) in [5.74, 6) is 1.16. The summed E-state index contributed by atoms with van der Waals surface area (Å²) < 4.78 is 0. The van der Waals surface area contributed by atoms with Crippen molar-refractivity contribution in [2.75, 3.05) is 38.7 Å². The molecule has 1 unspecified atom stereocenters. The van der Waals surface area contributed by atoms with Crippen molar-refractivity contribution in [3.8, 4) is 0 Å². The van der Waals surface area contributed by atoms with Crippen LogP contribution in [0.25, 0.3) is 0 Å². The summed E-state index contributed by atoms with van der Waals surface area (Å²) >= 11 is 0. The van der Waals surface area contributed by atoms with Gasteiger partial charge in [0.1, 0.15) is 0 Å². The molecule has 0 spiro atoms. The van der Waals surface area contributed by atoms with E-state index in [-0.39, 0.29) is 7.61 Å². The molecule has 1 nitrogen and oxygen atoms in total. The van der Waals surface area contributed by atoms with Gasteiger partial charge in [0.15, 0.2) is 0 Å². The Hall–Kier alpha value is 1.25. The van der Waals surface area contributed by atoms with Crippen LogP contribution in [0, 0.1) is 0 Å². The van der Waals surface area contributed by atoms with Crippen molar-refractivity contribution in [1.29, 1.82) is 0 Å². The average molecular weight is 228 g/mol. The van der Waals surface area contributed by atoms with E-state index in [1.807, 2.05) is 0 Å². The molecular weight excluding hydrogens is 205 g/mol. The summed E-state index contributed by atoms with van der Waals surface area (Å²) in [5.41, 5.74) is 0. The first-order chi connectivity index (χ1) is 5.39. The molecule has 1 atom stereocenters. The molecule has 0 aromatic heterocycles. The zero-order valence-electron chi connectivity index (χ0n) is 8.96. The van der Waals surface area contributed by atoms with Crippen LogP contribution in [-0.4, -0.2) is 43.6 Å². The van der Waals surface area contributed by atoms with Crippen LogP contribution in [0.1, 0.15) is 13.3 Å². The topological polar surface area (TPSA) is 20.2 Å². The van der Waals surface area contributed by atoms with E-state index in [9.17, 15) is 4.89 Å². The average Bonchev–Trinajstić information content (AvgIpc) is 1.85. The zero-order chi connectivity index (χ0) is 9.78. The Morgan fingerprint density at radius 1 is 1.25 bits per heavy atom. The predicted octanol–water partition coefficient (Wildman–Crippen LogP) is 3.41. The van der Waals surface area contributed by atoms with Crippen LogP contribution >= 0.6 is 22.7 Å². The van der Waals surface area contributed by atoms with Gasteiger partial charge in [-0.1, -0.05) is 0 Å². The molecule has 0 fully saturated rings. The molecule has 0 heterocycles. The Labute approximate surface area is 80.2 Å². The third-order valence-electron chi connectivity index (χ3n) is 1.96. The molecule has 0 aromatic carbocycles. The quantitative estimate of drug-likeness (QED) is 0.715. The van der Waals surface area contributed by atoms with Gasteiger partial charge in [-0.2, -0.15) is 0 Å². The van der Waals surface area contributed by atoms with Crippen LogP contribution < -0.4 is 0 Å². The van der Waals surface area contributed by atoms with E-state index in [1.54, 1.807) is 0 Å². The van der Waals surface area contributed by atoms with Crippen molar-refractivity contribution in [3.05, 3.63) is 0 Å². The summed E-state index contributed by atoms with van der Waals surface area (Å²) in [7, 11) is -1.73. The maximum atomic E-state index is 9.82. The molecule has 0 aliphatic rings. The second-order valence-electron chi connectivity index (χ2n) is 4.29. The molecule has 0 aliphatic heterocycles. The first-order valence-corrected chi connectivity index (χ1v) is 12.4. The van der Waals surface area contributed by atoms with Crippen LogP contribution in [0.5, 0.6) is 0 Å². The number of hydrogen-bond acceptors (Lipinski definition) is 1. The van der Waals surface area contributed by atoms with Gasteiger partial charge in [0, 0.05) is 0 Å². The molecule has 0 bridgehead atoms. The Balaban J connectivity index is 3.87. The van der Waals surface area contributed by atoms with Crippen LogP contribution in [0.15, 0.2) is 0 Å². The van der Waals surface area contributed by atoms with Crippen LogP contribution in [0.2, 0.25) is 0 Å². The van der Waals surface area contributed by atoms with E-state index in [4.69, 9.17) is 0 Å². The molecule has 0 amide bonds. The van der Waals surface area contributed by atoms with Crippen molar-refractivity contribution in [2.24, 2.45) is 0 Å². The third-order valence-corrected chi connectivity index (χ3v) is 13.3. The number of rotatable bonds is 5. The molecule has 1 N–H and O–H groups in total. The molecular formula is C8H23OP3. The van der Waals surface area contributed by atoms with Crippen molar-refractivity contribution < 1.29 is 4.89 Å². The van der Waals surface area contributed by atoms with E-state index >= 15 is 0 Å². The molecule has 0 saturated heterocycles. The Morgan fingerprint density at radius 3 is 2.08 bits per heavy atom. The standard InChI is InChI=1S/C8H23OP3/c1-6-7-12(4,5)8-11(9)10(2)3/h9,12H,6-8H2,1-5H3. The maximum absolute atomic E-state index is 9.82. The minimum absolute atomic E-state index is 0.0817. The normalized spacial score (nSPS) is 16.6. The van der Waals surface area contributed by atoms with Crippen LogP contribution in [-0.2, 0) is 0 Å². The molecule has 12 heavy (non-hydrogen) atoms. The minimum atomic E-state index is -1.03. The van der Waals surface area contributed by atoms with Crippen LogP contribution in [0.4, 0.5) is 0 Å². The van der Waals surface area contributed by atoms with Gasteiger partial charge in [-0.25, -0.2) is 0 Å². The van der Waals surface area contributed by atoms with Gasteiger partial charge in [-0.05, 0) is 0 Å². The molecule has 0 aliphatic carbocycles. The van der Waals surface area contributed by atoms with Crippen molar-refractivity contribution in [2.45, 2.75) is 13.3 Å². The van der Waals surface area contributed by atoms with Crippen molar-refractivity contribution in [3.63, 3.8) is 0 Å². The predicted molar refractivity (Wildman–Crippen MR) is 68.1 cm³/mol. The van der Waals surface area contributed by atoms with Crippen molar-refractivity contribution in [1.82, 2.24) is 0 Å². The monoisotopic (exact) mass is 228 g/mol. The van der Waals surface area contributed by atoms with E-state index in [2.05, 4.69) is 33.6 Å². The van der Waals surface area contributed by atoms with E-state index in [1.165, 1.54) is 12.6 Å². The van der Waals surface area contributed by atoms with E-state index < -0.39 is 15.1 Å². The summed E-state index contributed by atoms with van der Waals surface area (Å²) in [6, 6.07) is 0. The Bertz CT molecular complexity index is 125. The molecule has 4 heteroatoms. The Kier molecular flexibility index (Phi) is 6.48. The first kappa shape index (κ1) is 13.2. The fourth-order valence-electron chi connectivity index (χ4n) is 1.28. The van der Waals surface area contributed by atoms with Gasteiger partial charge in [-0.3, -0.25) is 0 Å². The van der Waals surface area contributed by atoms with Crippen molar-refractivity contribution >= 4 is 22.7 Å². The third kappa shape index (κ3) is 5.82. The summed E-state index contributed by atoms with van der Waals surface area (Å²) in [5, 5.41) is 0. The van der Waals surface area contributed by atoms with E-state index in [0.29, 0.717) is 0 Å². The second kappa shape index (κ2) is 5.87. The fraction of sp³-hybridized carbons (Fsp3) is 1.00. The first-order valence-electron chi connectivity index (χ1n) is 4.52. The molecule has 0 saturated carbocycles. The van der Waals surface area contributed by atoms with Gasteiger partial charge >= 0.3 is 79.7 Å². The fourth-order valence-corrected chi connectivity index (χ4v) is 13.5. The van der Waals surface area contributed by atoms with Gasteiger partial charge in [0.05, 0.1) is 0 Å². The Morgan fingerprint density at radius 2 is 1.75 bits per heavy atom. The molecule has 0 radical (unpaired) electrons. The zero-order valence-corrected chi connectivity index (χ0v) is 11.8. The molecule has 0 rings (SSSR count). The van der Waals surface area contributed by atoms with Gasteiger partial charge in [-0.15, -0.1) is 0 Å². The SMILES string of the molecule is CCC[PH](C)(C)CP(O)P(C)C. The molecule has 0 aromatic rings. The van der Waals surface area contributed by atoms with Crippen LogP contribution in [0.3, 0.4) is 0 Å². The van der Waals surface area contributed by atoms with Gasteiger partial charge < -0.3 is 0 Å². The van der Waals surface area contributed by atoms with E-state index in [0.717, 1.165) is 5.90 Å². The summed E-state index contributed by atoms with van der Waals surface area (Å²) in [6.45, 7) is 11.4.